The van der Waals surface area contributed by atoms with Gasteiger partial charge in [-0.3, -0.25) is 4.79 Å². The van der Waals surface area contributed by atoms with Crippen molar-refractivity contribution in [1.82, 2.24) is 0 Å². The molecule has 0 unspecified atom stereocenters. The smallest absolute Gasteiger partial charge is 0.306 e. The molecule has 3 nitrogen and oxygen atoms in total. The van der Waals surface area contributed by atoms with Crippen molar-refractivity contribution >= 4 is 5.97 Å². The Morgan fingerprint density at radius 3 is 2.10 bits per heavy atom. The molecule has 118 valence electrons. The van der Waals surface area contributed by atoms with Gasteiger partial charge in [-0.2, -0.15) is 8.78 Å². The number of unbranched alkanes of at least 4 members (excludes halogenated alkanes) is 1. The molecule has 21 heavy (non-hydrogen) atoms. The summed E-state index contributed by atoms with van der Waals surface area (Å²) in [6, 6.07) is 0. The predicted molar refractivity (Wildman–Crippen MR) is 67.0 cm³/mol. The van der Waals surface area contributed by atoms with Gasteiger partial charge in [0.15, 0.2) is 17.4 Å². The number of hydrogen-bond acceptors (Lipinski definition) is 3. The third-order valence-electron chi connectivity index (χ3n) is 2.86. The third kappa shape index (κ3) is 4.09. The first-order valence-corrected chi connectivity index (χ1v) is 6.48. The minimum Gasteiger partial charge on any atom is -0.491 e. The van der Waals surface area contributed by atoms with Crippen LogP contribution in [0.5, 0.6) is 5.75 Å². The number of rotatable bonds is 7. The Hall–Kier alpha value is -1.79. The molecule has 0 saturated carbocycles. The van der Waals surface area contributed by atoms with Crippen molar-refractivity contribution in [2.75, 3.05) is 13.7 Å². The van der Waals surface area contributed by atoms with Crippen molar-refractivity contribution in [2.45, 2.75) is 32.6 Å². The first-order valence-electron chi connectivity index (χ1n) is 6.48. The van der Waals surface area contributed by atoms with Gasteiger partial charge in [0, 0.05) is 12.0 Å². The minimum atomic E-state index is -1.62. The van der Waals surface area contributed by atoms with Crippen LogP contribution in [0.15, 0.2) is 0 Å². The number of carbonyl (C=O) groups is 1. The predicted octanol–water partition coefficient (Wildman–Crippen LogP) is 3.53. The van der Waals surface area contributed by atoms with Gasteiger partial charge < -0.3 is 9.47 Å². The van der Waals surface area contributed by atoms with Gasteiger partial charge in [0.25, 0.3) is 0 Å². The lowest BCUT2D eigenvalue weighted by molar-refractivity contribution is -0.143. The summed E-state index contributed by atoms with van der Waals surface area (Å²) in [5.41, 5.74) is -0.835. The Kier molecular flexibility index (Phi) is 6.45. The standard InChI is InChI=1S/C14H16F4O3/c1-3-4-7-21-9(19)6-5-8-10(15)12(17)14(20-2)13(18)11(8)16/h3-7H2,1-2H3. The quantitative estimate of drug-likeness (QED) is 0.334. The van der Waals surface area contributed by atoms with Crippen LogP contribution in [0.25, 0.3) is 0 Å². The topological polar surface area (TPSA) is 35.5 Å². The lowest BCUT2D eigenvalue weighted by atomic mass is 10.1. The van der Waals surface area contributed by atoms with E-state index in [-0.39, 0.29) is 13.0 Å². The highest BCUT2D eigenvalue weighted by Crippen LogP contribution is 2.30. The second-order valence-electron chi connectivity index (χ2n) is 4.34. The molecule has 0 aliphatic carbocycles. The van der Waals surface area contributed by atoms with E-state index < -0.39 is 47.0 Å². The highest BCUT2D eigenvalue weighted by atomic mass is 19.2. The fourth-order valence-electron chi connectivity index (χ4n) is 1.69. The molecule has 0 aliphatic rings. The lowest BCUT2D eigenvalue weighted by Crippen LogP contribution is -2.11. The van der Waals surface area contributed by atoms with E-state index in [4.69, 9.17) is 4.74 Å². The first kappa shape index (κ1) is 17.3. The van der Waals surface area contributed by atoms with Gasteiger partial charge in [-0.25, -0.2) is 8.78 Å². The van der Waals surface area contributed by atoms with Crippen molar-refractivity contribution in [3.63, 3.8) is 0 Å². The highest BCUT2D eigenvalue weighted by molar-refractivity contribution is 5.69. The molecule has 0 radical (unpaired) electrons. The molecule has 0 aromatic heterocycles. The molecule has 1 aromatic rings. The molecule has 0 fully saturated rings. The molecular weight excluding hydrogens is 292 g/mol. The molecule has 0 aliphatic heterocycles. The largest absolute Gasteiger partial charge is 0.491 e. The summed E-state index contributed by atoms with van der Waals surface area (Å²) >= 11 is 0. The van der Waals surface area contributed by atoms with E-state index in [1.54, 1.807) is 0 Å². The van der Waals surface area contributed by atoms with Crippen LogP contribution in [0.2, 0.25) is 0 Å². The number of methoxy groups -OCH3 is 1. The van der Waals surface area contributed by atoms with Crippen LogP contribution in [0.3, 0.4) is 0 Å². The molecule has 0 atom stereocenters. The van der Waals surface area contributed by atoms with E-state index in [1.807, 2.05) is 6.92 Å². The summed E-state index contributed by atoms with van der Waals surface area (Å²) < 4.78 is 63.2. The van der Waals surface area contributed by atoms with Gasteiger partial charge >= 0.3 is 5.97 Å². The molecular formula is C14H16F4O3. The summed E-state index contributed by atoms with van der Waals surface area (Å²) in [5.74, 6) is -8.17. The second kappa shape index (κ2) is 7.85. The summed E-state index contributed by atoms with van der Waals surface area (Å²) in [5, 5.41) is 0. The Labute approximate surface area is 119 Å². The van der Waals surface area contributed by atoms with E-state index in [9.17, 15) is 22.4 Å². The summed E-state index contributed by atoms with van der Waals surface area (Å²) in [6.07, 6.45) is 0.620. The fraction of sp³-hybridized carbons (Fsp3) is 0.500. The zero-order chi connectivity index (χ0) is 16.0. The third-order valence-corrected chi connectivity index (χ3v) is 2.86. The molecule has 1 rings (SSSR count). The molecule has 0 heterocycles. The number of ether oxygens (including phenoxy) is 2. The zero-order valence-electron chi connectivity index (χ0n) is 11.8. The van der Waals surface area contributed by atoms with E-state index in [0.29, 0.717) is 6.42 Å². The van der Waals surface area contributed by atoms with Gasteiger partial charge in [0.2, 0.25) is 11.6 Å². The summed E-state index contributed by atoms with van der Waals surface area (Å²) in [7, 11) is 0.894. The van der Waals surface area contributed by atoms with Crippen molar-refractivity contribution in [3.05, 3.63) is 28.8 Å². The molecule has 0 bridgehead atoms. The first-order chi connectivity index (χ1) is 9.93. The fourth-order valence-corrected chi connectivity index (χ4v) is 1.69. The number of esters is 1. The number of carbonyl (C=O) groups excluding carboxylic acids is 1. The van der Waals surface area contributed by atoms with Crippen LogP contribution in [-0.4, -0.2) is 19.7 Å². The van der Waals surface area contributed by atoms with Crippen LogP contribution in [0, 0.1) is 23.3 Å². The zero-order valence-corrected chi connectivity index (χ0v) is 11.8. The second-order valence-corrected chi connectivity index (χ2v) is 4.34. The Morgan fingerprint density at radius 1 is 1.05 bits per heavy atom. The Bertz CT molecular complexity index is 488. The van der Waals surface area contributed by atoms with E-state index >= 15 is 0 Å². The lowest BCUT2D eigenvalue weighted by Gasteiger charge is -2.11. The Morgan fingerprint density at radius 2 is 1.62 bits per heavy atom. The van der Waals surface area contributed by atoms with E-state index in [2.05, 4.69) is 4.74 Å². The van der Waals surface area contributed by atoms with Crippen molar-refractivity contribution in [1.29, 1.82) is 0 Å². The van der Waals surface area contributed by atoms with Crippen LogP contribution < -0.4 is 4.74 Å². The van der Waals surface area contributed by atoms with Crippen LogP contribution in [0.1, 0.15) is 31.7 Å². The number of hydrogen-bond donors (Lipinski definition) is 0. The molecule has 0 spiro atoms. The highest BCUT2D eigenvalue weighted by Gasteiger charge is 2.26. The average Bonchev–Trinajstić information content (AvgIpc) is 2.46. The monoisotopic (exact) mass is 308 g/mol. The number of benzene rings is 1. The van der Waals surface area contributed by atoms with Crippen LogP contribution in [0.4, 0.5) is 17.6 Å². The van der Waals surface area contributed by atoms with Crippen molar-refractivity contribution < 1.29 is 31.8 Å². The van der Waals surface area contributed by atoms with Crippen molar-refractivity contribution in [3.8, 4) is 5.75 Å². The molecule has 1 aromatic carbocycles. The van der Waals surface area contributed by atoms with Crippen LogP contribution in [-0.2, 0) is 16.0 Å². The SMILES string of the molecule is CCCCOC(=O)CCc1c(F)c(F)c(OC)c(F)c1F. The molecule has 7 heteroatoms. The normalized spacial score (nSPS) is 10.6. The molecule has 0 saturated heterocycles. The van der Waals surface area contributed by atoms with Gasteiger partial charge in [0.05, 0.1) is 13.7 Å². The summed E-state index contributed by atoms with van der Waals surface area (Å²) in [6.45, 7) is 2.10. The van der Waals surface area contributed by atoms with Gasteiger partial charge in [-0.1, -0.05) is 13.3 Å². The van der Waals surface area contributed by atoms with Crippen LogP contribution >= 0.6 is 0 Å². The number of halogens is 4. The van der Waals surface area contributed by atoms with Gasteiger partial charge in [-0.15, -0.1) is 0 Å². The average molecular weight is 308 g/mol. The maximum absolute atomic E-state index is 13.6. The van der Waals surface area contributed by atoms with E-state index in [0.717, 1.165) is 13.5 Å². The van der Waals surface area contributed by atoms with Crippen molar-refractivity contribution in [2.24, 2.45) is 0 Å². The Balaban J connectivity index is 2.83. The van der Waals surface area contributed by atoms with E-state index in [1.165, 1.54) is 0 Å². The maximum Gasteiger partial charge on any atom is 0.306 e. The maximum atomic E-state index is 13.6. The van der Waals surface area contributed by atoms with Gasteiger partial charge in [0.1, 0.15) is 0 Å². The summed E-state index contributed by atoms with van der Waals surface area (Å²) in [4.78, 5) is 11.3. The molecule has 0 N–H and O–H groups in total. The minimum absolute atomic E-state index is 0.200. The molecule has 0 amide bonds. The van der Waals surface area contributed by atoms with Gasteiger partial charge in [-0.05, 0) is 12.8 Å².